The predicted molar refractivity (Wildman–Crippen MR) is 96.3 cm³/mol. The number of aryl methyl sites for hydroxylation is 1. The Balaban J connectivity index is 1.88. The van der Waals surface area contributed by atoms with Gasteiger partial charge in [-0.2, -0.15) is 0 Å². The summed E-state index contributed by atoms with van der Waals surface area (Å²) in [6, 6.07) is 12.0. The molecule has 1 amide bonds. The van der Waals surface area contributed by atoms with E-state index in [-0.39, 0.29) is 17.9 Å². The van der Waals surface area contributed by atoms with Gasteiger partial charge in [0.05, 0.1) is 6.10 Å². The number of hydrogen-bond acceptors (Lipinski definition) is 3. The summed E-state index contributed by atoms with van der Waals surface area (Å²) in [6.07, 6.45) is 0.292. The third-order valence-electron chi connectivity index (χ3n) is 4.39. The zero-order valence-corrected chi connectivity index (χ0v) is 14.3. The maximum absolute atomic E-state index is 12.5. The third-order valence-corrected chi connectivity index (χ3v) is 4.39. The zero-order chi connectivity index (χ0) is 17.3. The maximum atomic E-state index is 12.5. The molecule has 0 spiro atoms. The van der Waals surface area contributed by atoms with E-state index in [1.165, 1.54) is 0 Å². The van der Waals surface area contributed by atoms with Gasteiger partial charge in [-0.05, 0) is 31.6 Å². The average molecular weight is 325 g/mol. The quantitative estimate of drug-likeness (QED) is 0.744. The average Bonchev–Trinajstić information content (AvgIpc) is 2.89. The van der Waals surface area contributed by atoms with Gasteiger partial charge in [-0.15, -0.1) is 0 Å². The molecule has 0 aliphatic carbocycles. The fourth-order valence-electron chi connectivity index (χ4n) is 3.18. The molecular formula is C20H23NO3. The molecule has 0 bridgehead atoms. The molecular weight excluding hydrogens is 302 g/mol. The van der Waals surface area contributed by atoms with Gasteiger partial charge in [0, 0.05) is 22.9 Å². The molecule has 24 heavy (non-hydrogen) atoms. The number of aliphatic hydroxyl groups excluding tert-OH is 1. The first-order valence-electron chi connectivity index (χ1n) is 8.34. The maximum Gasteiger partial charge on any atom is 0.287 e. The lowest BCUT2D eigenvalue weighted by atomic mass is 10.0. The second kappa shape index (κ2) is 6.65. The minimum absolute atomic E-state index is 0.203. The van der Waals surface area contributed by atoms with E-state index in [1.807, 2.05) is 50.2 Å². The molecule has 2 unspecified atom stereocenters. The molecule has 2 N–H and O–H groups in total. The molecule has 126 valence electrons. The first-order valence-corrected chi connectivity index (χ1v) is 8.34. The number of aliphatic hydroxyl groups is 1. The van der Waals surface area contributed by atoms with Crippen LogP contribution in [0.15, 0.2) is 40.8 Å². The van der Waals surface area contributed by atoms with Crippen molar-refractivity contribution in [2.24, 2.45) is 5.92 Å². The van der Waals surface area contributed by atoms with Crippen LogP contribution in [0.3, 0.4) is 0 Å². The van der Waals surface area contributed by atoms with Crippen molar-refractivity contribution in [3.05, 3.63) is 47.7 Å². The Kier molecular flexibility index (Phi) is 4.58. The summed E-state index contributed by atoms with van der Waals surface area (Å²) in [5, 5.41) is 15.4. The highest BCUT2D eigenvalue weighted by atomic mass is 16.3. The summed E-state index contributed by atoms with van der Waals surface area (Å²) in [6.45, 7) is 6.19. The minimum Gasteiger partial charge on any atom is -0.450 e. The first-order chi connectivity index (χ1) is 11.5. The van der Waals surface area contributed by atoms with Crippen LogP contribution in [0, 0.1) is 12.8 Å². The van der Waals surface area contributed by atoms with Crippen LogP contribution in [-0.4, -0.2) is 23.7 Å². The highest BCUT2D eigenvalue weighted by molar-refractivity contribution is 6.08. The first kappa shape index (κ1) is 16.5. The molecule has 0 radical (unpaired) electrons. The Labute approximate surface area is 141 Å². The second-order valence-electron chi connectivity index (χ2n) is 6.62. The Bertz CT molecular complexity index is 879. The van der Waals surface area contributed by atoms with Gasteiger partial charge in [0.2, 0.25) is 0 Å². The summed E-state index contributed by atoms with van der Waals surface area (Å²) >= 11 is 0. The number of rotatable bonds is 5. The van der Waals surface area contributed by atoms with Crippen molar-refractivity contribution >= 4 is 27.6 Å². The van der Waals surface area contributed by atoms with Gasteiger partial charge in [-0.25, -0.2) is 0 Å². The van der Waals surface area contributed by atoms with Gasteiger partial charge in [0.25, 0.3) is 5.91 Å². The number of carbonyl (C=O) groups excluding carboxylic acids is 1. The number of furan rings is 1. The number of nitrogens with one attached hydrogen (secondary N) is 1. The molecule has 1 aromatic heterocycles. The fourth-order valence-corrected chi connectivity index (χ4v) is 3.18. The molecule has 3 aromatic rings. The van der Waals surface area contributed by atoms with Gasteiger partial charge in [0.15, 0.2) is 5.76 Å². The van der Waals surface area contributed by atoms with Crippen molar-refractivity contribution in [1.29, 1.82) is 0 Å². The van der Waals surface area contributed by atoms with E-state index in [9.17, 15) is 9.90 Å². The molecule has 0 saturated carbocycles. The van der Waals surface area contributed by atoms with Crippen LogP contribution in [0.25, 0.3) is 21.7 Å². The Morgan fingerprint density at radius 1 is 1.17 bits per heavy atom. The standard InChI is InChI=1S/C20H23NO3/c1-12(10-13(2)22)11-21-20(23)18-14(3)16-9-8-15-6-4-5-7-17(15)19(16)24-18/h4-9,12-13,22H,10-11H2,1-3H3,(H,21,23). The monoisotopic (exact) mass is 325 g/mol. The molecule has 0 aliphatic rings. The summed E-state index contributed by atoms with van der Waals surface area (Å²) in [7, 11) is 0. The van der Waals surface area contributed by atoms with Crippen molar-refractivity contribution in [2.75, 3.05) is 6.54 Å². The SMILES string of the molecule is Cc1c(C(=O)NCC(C)CC(C)O)oc2c1ccc1ccccc12. The number of amides is 1. The van der Waals surface area contributed by atoms with Crippen LogP contribution in [0.1, 0.15) is 36.4 Å². The van der Waals surface area contributed by atoms with Crippen molar-refractivity contribution in [3.8, 4) is 0 Å². The predicted octanol–water partition coefficient (Wildman–Crippen LogP) is 4.03. The number of fused-ring (bicyclic) bond motifs is 3. The highest BCUT2D eigenvalue weighted by Gasteiger charge is 2.19. The van der Waals surface area contributed by atoms with Gasteiger partial charge in [-0.3, -0.25) is 4.79 Å². The van der Waals surface area contributed by atoms with Crippen LogP contribution in [0.2, 0.25) is 0 Å². The number of carbonyl (C=O) groups is 1. The summed E-state index contributed by atoms with van der Waals surface area (Å²) in [5.41, 5.74) is 1.62. The van der Waals surface area contributed by atoms with Crippen molar-refractivity contribution in [3.63, 3.8) is 0 Å². The van der Waals surface area contributed by atoms with Gasteiger partial charge >= 0.3 is 0 Å². The normalized spacial score (nSPS) is 14.0. The molecule has 0 saturated heterocycles. The largest absolute Gasteiger partial charge is 0.450 e. The molecule has 4 heteroatoms. The molecule has 0 aliphatic heterocycles. The van der Waals surface area contributed by atoms with Gasteiger partial charge in [0.1, 0.15) is 5.58 Å². The van der Waals surface area contributed by atoms with Crippen LogP contribution in [-0.2, 0) is 0 Å². The van der Waals surface area contributed by atoms with Gasteiger partial charge in [-0.1, -0.05) is 43.3 Å². The van der Waals surface area contributed by atoms with E-state index < -0.39 is 0 Å². The van der Waals surface area contributed by atoms with E-state index >= 15 is 0 Å². The summed E-state index contributed by atoms with van der Waals surface area (Å²) < 4.78 is 5.93. The molecule has 1 heterocycles. The van der Waals surface area contributed by atoms with E-state index in [2.05, 4.69) is 5.32 Å². The van der Waals surface area contributed by atoms with E-state index in [0.717, 1.165) is 27.3 Å². The Hall–Kier alpha value is -2.33. The molecule has 4 nitrogen and oxygen atoms in total. The van der Waals surface area contributed by atoms with Crippen LogP contribution in [0.5, 0.6) is 0 Å². The Morgan fingerprint density at radius 3 is 2.67 bits per heavy atom. The Morgan fingerprint density at radius 2 is 1.92 bits per heavy atom. The summed E-state index contributed by atoms with van der Waals surface area (Å²) in [5.74, 6) is 0.371. The van der Waals surface area contributed by atoms with Crippen LogP contribution < -0.4 is 5.32 Å². The molecule has 3 rings (SSSR count). The van der Waals surface area contributed by atoms with Crippen molar-refractivity contribution in [2.45, 2.75) is 33.3 Å². The molecule has 0 fully saturated rings. The smallest absolute Gasteiger partial charge is 0.287 e. The van der Waals surface area contributed by atoms with Crippen LogP contribution >= 0.6 is 0 Å². The van der Waals surface area contributed by atoms with Crippen molar-refractivity contribution < 1.29 is 14.3 Å². The van der Waals surface area contributed by atoms with E-state index in [4.69, 9.17) is 4.42 Å². The zero-order valence-electron chi connectivity index (χ0n) is 14.3. The lowest BCUT2D eigenvalue weighted by molar-refractivity contribution is 0.0913. The lowest BCUT2D eigenvalue weighted by Crippen LogP contribution is -2.29. The van der Waals surface area contributed by atoms with Crippen molar-refractivity contribution in [1.82, 2.24) is 5.32 Å². The topological polar surface area (TPSA) is 62.5 Å². The van der Waals surface area contributed by atoms with Gasteiger partial charge < -0.3 is 14.8 Å². The fraction of sp³-hybridized carbons (Fsp3) is 0.350. The van der Waals surface area contributed by atoms with E-state index in [0.29, 0.717) is 18.7 Å². The number of benzene rings is 2. The number of hydrogen-bond donors (Lipinski definition) is 2. The second-order valence-corrected chi connectivity index (χ2v) is 6.62. The highest BCUT2D eigenvalue weighted by Crippen LogP contribution is 2.31. The summed E-state index contributed by atoms with van der Waals surface area (Å²) in [4.78, 5) is 12.5. The molecule has 2 aromatic carbocycles. The minimum atomic E-state index is -0.365. The van der Waals surface area contributed by atoms with E-state index in [1.54, 1.807) is 6.92 Å². The lowest BCUT2D eigenvalue weighted by Gasteiger charge is -2.13. The molecule has 2 atom stereocenters. The van der Waals surface area contributed by atoms with Crippen LogP contribution in [0.4, 0.5) is 0 Å². The third kappa shape index (κ3) is 3.15.